The van der Waals surface area contributed by atoms with Crippen LogP contribution in [-0.2, 0) is 22.6 Å². The van der Waals surface area contributed by atoms with Gasteiger partial charge in [-0.2, -0.15) is 0 Å². The highest BCUT2D eigenvalue weighted by Gasteiger charge is 2.23. The second-order valence-corrected chi connectivity index (χ2v) is 9.47. The van der Waals surface area contributed by atoms with Gasteiger partial charge in [-0.1, -0.05) is 27.3 Å². The molecule has 0 spiro atoms. The molecule has 9 heteroatoms. The maximum absolute atomic E-state index is 11.9. The topological polar surface area (TPSA) is 112 Å². The van der Waals surface area contributed by atoms with E-state index in [1.54, 1.807) is 13.1 Å². The Balaban J connectivity index is 0.00000342. The molecule has 1 aliphatic heterocycles. The number of aliphatic carboxylic acids is 1. The first-order chi connectivity index (χ1) is 16.2. The number of aryl methyl sites for hydroxylation is 1. The van der Waals surface area contributed by atoms with E-state index in [0.717, 1.165) is 41.1 Å². The number of rotatable bonds is 8. The zero-order valence-corrected chi connectivity index (χ0v) is 20.2. The van der Waals surface area contributed by atoms with Crippen molar-refractivity contribution in [3.8, 4) is 11.4 Å². The number of likely N-dealkylation sites (N-methyl/N-ethyl adjacent to an activating group) is 1. The molecule has 0 bridgehead atoms. The van der Waals surface area contributed by atoms with E-state index in [1.807, 2.05) is 38.1 Å². The molecule has 3 N–H and O–H groups in total. The SMILES string of the molecule is C.Cc1cc(-c2nc3cc(CN[C@H](C(=O)O)C(C)C)ccc3n2CC2CN(C)CCO2)c[nH]c1=O. The first-order valence-corrected chi connectivity index (χ1v) is 11.7. The average Bonchev–Trinajstić information content (AvgIpc) is 3.13. The van der Waals surface area contributed by atoms with E-state index in [-0.39, 0.29) is 25.0 Å². The highest BCUT2D eigenvalue weighted by molar-refractivity contribution is 5.81. The summed E-state index contributed by atoms with van der Waals surface area (Å²) >= 11 is 0. The number of carboxylic acids is 1. The van der Waals surface area contributed by atoms with E-state index in [4.69, 9.17) is 9.72 Å². The molecule has 35 heavy (non-hydrogen) atoms. The van der Waals surface area contributed by atoms with Crippen molar-refractivity contribution >= 4 is 17.0 Å². The molecule has 9 nitrogen and oxygen atoms in total. The zero-order valence-electron chi connectivity index (χ0n) is 20.2. The van der Waals surface area contributed by atoms with Gasteiger partial charge in [-0.15, -0.1) is 0 Å². The predicted molar refractivity (Wildman–Crippen MR) is 138 cm³/mol. The third kappa shape index (κ3) is 5.98. The van der Waals surface area contributed by atoms with Crippen LogP contribution < -0.4 is 10.9 Å². The van der Waals surface area contributed by atoms with Crippen LogP contribution in [-0.4, -0.2) is 69.4 Å². The third-order valence-electron chi connectivity index (χ3n) is 6.35. The summed E-state index contributed by atoms with van der Waals surface area (Å²) in [5.74, 6) is -0.112. The van der Waals surface area contributed by atoms with Crippen LogP contribution in [0.3, 0.4) is 0 Å². The van der Waals surface area contributed by atoms with E-state index in [0.29, 0.717) is 25.3 Å². The maximum atomic E-state index is 11.9. The Morgan fingerprint density at radius 3 is 2.77 bits per heavy atom. The minimum absolute atomic E-state index is 0. The lowest BCUT2D eigenvalue weighted by molar-refractivity contribution is -0.140. The van der Waals surface area contributed by atoms with Crippen molar-refractivity contribution in [2.24, 2.45) is 5.92 Å². The quantitative estimate of drug-likeness (QED) is 0.452. The Morgan fingerprint density at radius 2 is 2.11 bits per heavy atom. The lowest BCUT2D eigenvalue weighted by atomic mass is 10.0. The molecule has 1 unspecified atom stereocenters. The largest absolute Gasteiger partial charge is 0.480 e. The standard InChI is InChI=1S/C25H33N5O4.CH4/c1-15(2)22(25(32)33)26-11-17-5-6-21-20(10-17)28-23(18-9-16(3)24(31)27-12-18)30(21)14-19-13-29(4)7-8-34-19;/h5-6,9-10,12,15,19,22,26H,7-8,11,13-14H2,1-4H3,(H,27,31)(H,32,33);1H4/t19?,22-;/m0./s1. The summed E-state index contributed by atoms with van der Waals surface area (Å²) in [5.41, 5.74) is 4.10. The number of carbonyl (C=O) groups is 1. The summed E-state index contributed by atoms with van der Waals surface area (Å²) < 4.78 is 8.17. The molecule has 2 aromatic heterocycles. The van der Waals surface area contributed by atoms with Crippen LogP contribution in [0.2, 0.25) is 0 Å². The molecule has 1 fully saturated rings. The van der Waals surface area contributed by atoms with Crippen molar-refractivity contribution in [3.05, 3.63) is 51.9 Å². The lowest BCUT2D eigenvalue weighted by Crippen LogP contribution is -2.42. The van der Waals surface area contributed by atoms with Crippen molar-refractivity contribution in [1.29, 1.82) is 0 Å². The van der Waals surface area contributed by atoms with Gasteiger partial charge in [0.25, 0.3) is 5.56 Å². The van der Waals surface area contributed by atoms with E-state index < -0.39 is 12.0 Å². The molecule has 1 saturated heterocycles. The Bertz CT molecular complexity index is 1230. The number of nitrogens with one attached hydrogen (secondary N) is 2. The smallest absolute Gasteiger partial charge is 0.320 e. The van der Waals surface area contributed by atoms with E-state index in [1.165, 1.54) is 0 Å². The number of hydrogen-bond acceptors (Lipinski definition) is 6. The van der Waals surface area contributed by atoms with Crippen LogP contribution in [0.4, 0.5) is 0 Å². The number of hydrogen-bond donors (Lipinski definition) is 3. The minimum atomic E-state index is -0.853. The number of H-pyrrole nitrogens is 1. The first-order valence-electron chi connectivity index (χ1n) is 11.7. The molecule has 2 atom stereocenters. The fourth-order valence-electron chi connectivity index (χ4n) is 4.43. The Hall–Kier alpha value is -3.01. The molecule has 3 heterocycles. The van der Waals surface area contributed by atoms with Crippen LogP contribution in [0.25, 0.3) is 22.4 Å². The van der Waals surface area contributed by atoms with Gasteiger partial charge >= 0.3 is 5.97 Å². The van der Waals surface area contributed by atoms with Gasteiger partial charge < -0.3 is 29.6 Å². The Kier molecular flexibility index (Phi) is 8.47. The van der Waals surface area contributed by atoms with Gasteiger partial charge in [-0.25, -0.2) is 4.98 Å². The van der Waals surface area contributed by atoms with Crippen molar-refractivity contribution in [1.82, 2.24) is 24.8 Å². The van der Waals surface area contributed by atoms with Gasteiger partial charge in [-0.3, -0.25) is 9.59 Å². The lowest BCUT2D eigenvalue weighted by Gasteiger charge is -2.30. The molecule has 1 aliphatic rings. The first kappa shape index (κ1) is 26.6. The number of pyridine rings is 1. The Labute approximate surface area is 206 Å². The number of nitrogens with zero attached hydrogens (tertiary/aromatic N) is 3. The summed E-state index contributed by atoms with van der Waals surface area (Å²) in [7, 11) is 2.09. The minimum Gasteiger partial charge on any atom is -0.480 e. The number of ether oxygens (including phenoxy) is 1. The summed E-state index contributed by atoms with van der Waals surface area (Å²) in [4.78, 5) is 33.4. The maximum Gasteiger partial charge on any atom is 0.320 e. The fraction of sp³-hybridized carbons (Fsp3) is 0.500. The van der Waals surface area contributed by atoms with Crippen molar-refractivity contribution < 1.29 is 14.6 Å². The number of carboxylic acid groups (broad SMARTS) is 1. The highest BCUT2D eigenvalue weighted by atomic mass is 16.5. The van der Waals surface area contributed by atoms with Crippen molar-refractivity contribution in [3.63, 3.8) is 0 Å². The molecule has 3 aromatic rings. The van der Waals surface area contributed by atoms with Gasteiger partial charge in [0.1, 0.15) is 11.9 Å². The van der Waals surface area contributed by atoms with Gasteiger partial charge in [0.2, 0.25) is 0 Å². The number of benzene rings is 1. The number of aromatic nitrogens is 3. The summed E-state index contributed by atoms with van der Waals surface area (Å²) in [6.45, 7) is 9.07. The molecule has 4 rings (SSSR count). The van der Waals surface area contributed by atoms with Crippen LogP contribution in [0, 0.1) is 12.8 Å². The fourth-order valence-corrected chi connectivity index (χ4v) is 4.43. The number of morpholine rings is 1. The number of aromatic amines is 1. The molecule has 0 saturated carbocycles. The molecule has 190 valence electrons. The van der Waals surface area contributed by atoms with Gasteiger partial charge in [-0.05, 0) is 43.7 Å². The van der Waals surface area contributed by atoms with E-state index in [2.05, 4.69) is 26.8 Å². The van der Waals surface area contributed by atoms with Crippen LogP contribution in [0.5, 0.6) is 0 Å². The molecule has 0 aliphatic carbocycles. The normalized spacial score (nSPS) is 17.5. The van der Waals surface area contributed by atoms with Gasteiger partial charge in [0.05, 0.1) is 30.3 Å². The highest BCUT2D eigenvalue weighted by Crippen LogP contribution is 2.27. The predicted octanol–water partition coefficient (Wildman–Crippen LogP) is 2.87. The summed E-state index contributed by atoms with van der Waals surface area (Å²) in [6.07, 6.45) is 1.73. The summed E-state index contributed by atoms with van der Waals surface area (Å²) in [6, 6.07) is 7.26. The third-order valence-corrected chi connectivity index (χ3v) is 6.35. The molecule has 1 aromatic carbocycles. The number of imidazole rings is 1. The second kappa shape index (κ2) is 11.2. The number of fused-ring (bicyclic) bond motifs is 1. The monoisotopic (exact) mass is 483 g/mol. The van der Waals surface area contributed by atoms with E-state index >= 15 is 0 Å². The van der Waals surface area contributed by atoms with Gasteiger partial charge in [0, 0.05) is 37.0 Å². The van der Waals surface area contributed by atoms with Crippen LogP contribution in [0.1, 0.15) is 32.4 Å². The molecular formula is C26H37N5O4. The average molecular weight is 484 g/mol. The molecular weight excluding hydrogens is 446 g/mol. The van der Waals surface area contributed by atoms with Crippen LogP contribution >= 0.6 is 0 Å². The van der Waals surface area contributed by atoms with Crippen molar-refractivity contribution in [2.45, 2.75) is 53.4 Å². The zero-order chi connectivity index (χ0) is 24.4. The molecule has 0 amide bonds. The van der Waals surface area contributed by atoms with Crippen LogP contribution in [0.15, 0.2) is 35.3 Å². The van der Waals surface area contributed by atoms with Crippen molar-refractivity contribution in [2.75, 3.05) is 26.7 Å². The van der Waals surface area contributed by atoms with E-state index in [9.17, 15) is 14.7 Å². The second-order valence-electron chi connectivity index (χ2n) is 9.47. The summed E-state index contributed by atoms with van der Waals surface area (Å²) in [5, 5.41) is 12.6. The molecule has 0 radical (unpaired) electrons. The Morgan fingerprint density at radius 1 is 1.34 bits per heavy atom. The van der Waals surface area contributed by atoms with Gasteiger partial charge in [0.15, 0.2) is 0 Å².